The zero-order chi connectivity index (χ0) is 7.07. The summed E-state index contributed by atoms with van der Waals surface area (Å²) in [6, 6.07) is 0.894. The van der Waals surface area contributed by atoms with Crippen molar-refractivity contribution in [3.05, 3.63) is 0 Å². The number of hydrogen-bond donors (Lipinski definition) is 0. The Labute approximate surface area is 58.0 Å². The quantitative estimate of drug-likeness (QED) is 0.520. The topological polar surface area (TPSA) is 3.24 Å². The van der Waals surface area contributed by atoms with Gasteiger partial charge in [-0.15, -0.1) is 0 Å². The molecule has 1 heteroatoms. The van der Waals surface area contributed by atoms with Gasteiger partial charge in [0.05, 0.1) is 0 Å². The summed E-state index contributed by atoms with van der Waals surface area (Å²) in [7, 11) is 2.22. The van der Waals surface area contributed by atoms with E-state index in [1.807, 2.05) is 0 Å². The lowest BCUT2D eigenvalue weighted by molar-refractivity contribution is 0.166. The number of nitrogens with zero attached hydrogens (tertiary/aromatic N) is 1. The van der Waals surface area contributed by atoms with Crippen molar-refractivity contribution in [3.8, 4) is 0 Å². The van der Waals surface area contributed by atoms with Crippen molar-refractivity contribution < 1.29 is 0 Å². The predicted molar refractivity (Wildman–Crippen MR) is 40.5 cm³/mol. The van der Waals surface area contributed by atoms with Crippen molar-refractivity contribution in [2.24, 2.45) is 0 Å². The highest BCUT2D eigenvalue weighted by atomic mass is 15.2. The van der Waals surface area contributed by atoms with Gasteiger partial charge >= 0.3 is 0 Å². The molecule has 0 heterocycles. The Bertz CT molecular complexity index is 97.6. The molecule has 1 aliphatic carbocycles. The minimum Gasteiger partial charge on any atom is -0.299 e. The molecule has 1 nitrogen and oxygen atoms in total. The highest BCUT2D eigenvalue weighted by Crippen LogP contribution is 2.30. The van der Waals surface area contributed by atoms with Crippen LogP contribution >= 0.6 is 0 Å². The van der Waals surface area contributed by atoms with Crippen molar-refractivity contribution in [2.75, 3.05) is 7.05 Å². The van der Waals surface area contributed by atoms with Gasteiger partial charge in [-0.05, 0) is 40.7 Å². The summed E-state index contributed by atoms with van der Waals surface area (Å²) in [6.07, 6.45) is 2.82. The summed E-state index contributed by atoms with van der Waals surface area (Å²) >= 11 is 0. The number of hydrogen-bond acceptors (Lipinski definition) is 1. The number of rotatable bonds is 1. The molecule has 1 saturated carbocycles. The van der Waals surface area contributed by atoms with E-state index in [4.69, 9.17) is 0 Å². The van der Waals surface area contributed by atoms with Crippen LogP contribution in [0.1, 0.15) is 33.6 Å². The SMILES string of the molecule is CN(C1CC1)C(C)(C)C. The highest BCUT2D eigenvalue weighted by Gasteiger charge is 2.32. The van der Waals surface area contributed by atoms with Crippen LogP contribution in [0.15, 0.2) is 0 Å². The molecule has 0 amide bonds. The third-order valence-corrected chi connectivity index (χ3v) is 2.15. The summed E-state index contributed by atoms with van der Waals surface area (Å²) in [5.41, 5.74) is 0.376. The molecule has 1 aliphatic rings. The molecular formula is C8H17N. The van der Waals surface area contributed by atoms with Crippen LogP contribution in [0.2, 0.25) is 0 Å². The molecule has 1 rings (SSSR count). The van der Waals surface area contributed by atoms with Crippen LogP contribution < -0.4 is 0 Å². The van der Waals surface area contributed by atoms with Gasteiger partial charge in [-0.1, -0.05) is 0 Å². The molecule has 1 fully saturated rings. The zero-order valence-corrected chi connectivity index (χ0v) is 6.94. The van der Waals surface area contributed by atoms with Gasteiger partial charge in [-0.3, -0.25) is 4.90 Å². The summed E-state index contributed by atoms with van der Waals surface area (Å²) in [4.78, 5) is 2.47. The van der Waals surface area contributed by atoms with E-state index in [0.717, 1.165) is 6.04 Å². The molecule has 54 valence electrons. The van der Waals surface area contributed by atoms with E-state index < -0.39 is 0 Å². The van der Waals surface area contributed by atoms with Gasteiger partial charge in [0.15, 0.2) is 0 Å². The molecule has 0 N–H and O–H groups in total. The van der Waals surface area contributed by atoms with Crippen LogP contribution in [0.4, 0.5) is 0 Å². The molecule has 0 aromatic heterocycles. The molecule has 0 aromatic rings. The van der Waals surface area contributed by atoms with Gasteiger partial charge in [0, 0.05) is 11.6 Å². The Morgan fingerprint density at radius 1 is 1.22 bits per heavy atom. The van der Waals surface area contributed by atoms with Gasteiger partial charge in [-0.2, -0.15) is 0 Å². The summed E-state index contributed by atoms with van der Waals surface area (Å²) in [6.45, 7) is 6.81. The average Bonchev–Trinajstić information content (AvgIpc) is 2.40. The normalized spacial score (nSPS) is 21.0. The minimum absolute atomic E-state index is 0.376. The molecule has 0 unspecified atom stereocenters. The van der Waals surface area contributed by atoms with Crippen LogP contribution in [-0.4, -0.2) is 23.5 Å². The van der Waals surface area contributed by atoms with E-state index in [2.05, 4.69) is 32.7 Å². The molecule has 0 radical (unpaired) electrons. The minimum atomic E-state index is 0.376. The fourth-order valence-corrected chi connectivity index (χ4v) is 1.01. The van der Waals surface area contributed by atoms with Crippen LogP contribution in [0.5, 0.6) is 0 Å². The Hall–Kier alpha value is -0.0400. The van der Waals surface area contributed by atoms with E-state index in [9.17, 15) is 0 Å². The van der Waals surface area contributed by atoms with Crippen LogP contribution in [0.25, 0.3) is 0 Å². The van der Waals surface area contributed by atoms with Crippen LogP contribution in [-0.2, 0) is 0 Å². The zero-order valence-electron chi connectivity index (χ0n) is 6.94. The summed E-state index contributed by atoms with van der Waals surface area (Å²) in [5, 5.41) is 0. The maximum Gasteiger partial charge on any atom is 0.0124 e. The Balaban J connectivity index is 2.40. The Morgan fingerprint density at radius 3 is 1.78 bits per heavy atom. The summed E-state index contributed by atoms with van der Waals surface area (Å²) in [5.74, 6) is 0. The van der Waals surface area contributed by atoms with Crippen LogP contribution in [0, 0.1) is 0 Å². The molecular weight excluding hydrogens is 110 g/mol. The molecule has 0 saturated heterocycles. The molecule has 0 atom stereocenters. The second-order valence-electron chi connectivity index (χ2n) is 4.01. The van der Waals surface area contributed by atoms with Crippen molar-refractivity contribution in [1.29, 1.82) is 0 Å². The monoisotopic (exact) mass is 127 g/mol. The van der Waals surface area contributed by atoms with Crippen molar-refractivity contribution >= 4 is 0 Å². The second kappa shape index (κ2) is 1.98. The van der Waals surface area contributed by atoms with Crippen molar-refractivity contribution in [3.63, 3.8) is 0 Å². The van der Waals surface area contributed by atoms with Crippen molar-refractivity contribution in [1.82, 2.24) is 4.90 Å². The van der Waals surface area contributed by atoms with Gasteiger partial charge < -0.3 is 0 Å². The maximum absolute atomic E-state index is 2.47. The van der Waals surface area contributed by atoms with E-state index in [1.54, 1.807) is 0 Å². The average molecular weight is 127 g/mol. The first-order valence-corrected chi connectivity index (χ1v) is 3.75. The molecule has 0 spiro atoms. The predicted octanol–water partition coefficient (Wildman–Crippen LogP) is 1.88. The van der Waals surface area contributed by atoms with Gasteiger partial charge in [0.1, 0.15) is 0 Å². The Morgan fingerprint density at radius 2 is 1.67 bits per heavy atom. The molecule has 0 aliphatic heterocycles. The first kappa shape index (κ1) is 7.07. The summed E-state index contributed by atoms with van der Waals surface area (Å²) < 4.78 is 0. The van der Waals surface area contributed by atoms with Crippen molar-refractivity contribution in [2.45, 2.75) is 45.2 Å². The Kier molecular flexibility index (Phi) is 1.55. The standard InChI is InChI=1S/C8H17N/c1-8(2,3)9(4)7-5-6-7/h7H,5-6H2,1-4H3. The van der Waals surface area contributed by atoms with E-state index in [0.29, 0.717) is 5.54 Å². The second-order valence-corrected chi connectivity index (χ2v) is 4.01. The van der Waals surface area contributed by atoms with Crippen LogP contribution in [0.3, 0.4) is 0 Å². The third-order valence-electron chi connectivity index (χ3n) is 2.15. The lowest BCUT2D eigenvalue weighted by Gasteiger charge is -2.31. The third kappa shape index (κ3) is 1.68. The maximum atomic E-state index is 2.47. The fraction of sp³-hybridized carbons (Fsp3) is 1.00. The first-order valence-electron chi connectivity index (χ1n) is 3.75. The molecule has 9 heavy (non-hydrogen) atoms. The lowest BCUT2D eigenvalue weighted by Crippen LogP contribution is -2.39. The molecule has 0 bridgehead atoms. The molecule has 0 aromatic carbocycles. The fourth-order valence-electron chi connectivity index (χ4n) is 1.01. The van der Waals surface area contributed by atoms with Gasteiger partial charge in [0.2, 0.25) is 0 Å². The first-order chi connectivity index (χ1) is 4.02. The van der Waals surface area contributed by atoms with E-state index in [1.165, 1.54) is 12.8 Å². The van der Waals surface area contributed by atoms with E-state index in [-0.39, 0.29) is 0 Å². The van der Waals surface area contributed by atoms with E-state index >= 15 is 0 Å². The van der Waals surface area contributed by atoms with Gasteiger partial charge in [-0.25, -0.2) is 0 Å². The lowest BCUT2D eigenvalue weighted by atomic mass is 10.1. The smallest absolute Gasteiger partial charge is 0.0124 e. The highest BCUT2D eigenvalue weighted by molar-refractivity contribution is 4.88. The van der Waals surface area contributed by atoms with Gasteiger partial charge in [0.25, 0.3) is 0 Å². The largest absolute Gasteiger partial charge is 0.299 e.